The van der Waals surface area contributed by atoms with Gasteiger partial charge in [0.2, 0.25) is 11.9 Å². The maximum Gasteiger partial charge on any atom is 0.300 e. The summed E-state index contributed by atoms with van der Waals surface area (Å²) in [4.78, 5) is 42.4. The van der Waals surface area contributed by atoms with E-state index in [1.165, 1.54) is 4.57 Å². The van der Waals surface area contributed by atoms with Gasteiger partial charge in [-0.25, -0.2) is 0 Å². The topological polar surface area (TPSA) is 82.7 Å². The molecule has 6 heterocycles. The van der Waals surface area contributed by atoms with Crippen LogP contribution in [0.4, 0.5) is 29.5 Å². The van der Waals surface area contributed by atoms with Crippen LogP contribution in [0.2, 0.25) is 0 Å². The fraction of sp³-hybridized carbons (Fsp3) is 0.333. The summed E-state index contributed by atoms with van der Waals surface area (Å²) in [5.74, 6) is -5.87. The van der Waals surface area contributed by atoms with Gasteiger partial charge in [0.1, 0.15) is 11.4 Å². The maximum atomic E-state index is 16.0. The van der Waals surface area contributed by atoms with Crippen LogP contribution < -0.4 is 20.9 Å². The first-order valence-electron chi connectivity index (χ1n) is 21.1. The number of aryl methyl sites for hydroxylation is 1. The van der Waals surface area contributed by atoms with Crippen molar-refractivity contribution in [2.24, 2.45) is 0 Å². The highest BCUT2D eigenvalue weighted by atomic mass is 19.3. The van der Waals surface area contributed by atoms with E-state index >= 15 is 17.6 Å². The molecule has 0 fully saturated rings. The summed E-state index contributed by atoms with van der Waals surface area (Å²) in [7, 11) is 0. The summed E-state index contributed by atoms with van der Waals surface area (Å²) >= 11 is 0. The Labute approximate surface area is 356 Å². The molecule has 0 aliphatic carbocycles. The molecule has 318 valence electrons. The second-order valence-electron chi connectivity index (χ2n) is 17.2. The van der Waals surface area contributed by atoms with Crippen molar-refractivity contribution in [1.82, 2.24) is 28.9 Å². The van der Waals surface area contributed by atoms with Crippen molar-refractivity contribution in [3.05, 3.63) is 185 Å². The third-order valence-electron chi connectivity index (χ3n) is 12.5. The van der Waals surface area contributed by atoms with Crippen molar-refractivity contribution >= 4 is 11.9 Å². The number of fused-ring (bicyclic) bond motifs is 6. The van der Waals surface area contributed by atoms with Gasteiger partial charge in [-0.15, -0.1) is 0 Å². The van der Waals surface area contributed by atoms with Crippen molar-refractivity contribution < 1.29 is 17.6 Å². The van der Waals surface area contributed by atoms with Gasteiger partial charge in [0, 0.05) is 65.4 Å². The highest BCUT2D eigenvalue weighted by Crippen LogP contribution is 2.40. The summed E-state index contributed by atoms with van der Waals surface area (Å²) in [6.45, 7) is 4.32. The SMILES string of the molecule is Cc1ccc(CN2CCn3c2nc(=O)c2c3C(F)(F)CN(Cc3ccc(Cc4cccc(CN5CCn6c5nc(=O)c5c6C(F)(F)CN(Cc6ccccc6)C5)c4)cc3)C2)cc1. The van der Waals surface area contributed by atoms with Gasteiger partial charge in [0.05, 0.1) is 24.2 Å². The van der Waals surface area contributed by atoms with E-state index in [-0.39, 0.29) is 48.1 Å². The molecule has 0 amide bonds. The molecule has 4 aliphatic rings. The van der Waals surface area contributed by atoms with Crippen LogP contribution in [0.1, 0.15) is 61.5 Å². The van der Waals surface area contributed by atoms with E-state index in [1.807, 2.05) is 114 Å². The highest BCUT2D eigenvalue weighted by molar-refractivity contribution is 5.45. The number of rotatable bonds is 10. The molecular formula is C48H46F4N8O2. The molecule has 14 heteroatoms. The number of benzene rings is 4. The minimum Gasteiger partial charge on any atom is -0.336 e. The molecule has 0 atom stereocenters. The molecule has 0 saturated carbocycles. The Kier molecular flexibility index (Phi) is 10.1. The Morgan fingerprint density at radius 3 is 1.53 bits per heavy atom. The Morgan fingerprint density at radius 2 is 0.968 bits per heavy atom. The molecule has 4 aromatic carbocycles. The quantitative estimate of drug-likeness (QED) is 0.137. The summed E-state index contributed by atoms with van der Waals surface area (Å²) < 4.78 is 66.8. The normalized spacial score (nSPS) is 17.8. The highest BCUT2D eigenvalue weighted by Gasteiger charge is 2.47. The first kappa shape index (κ1) is 40.0. The molecule has 0 bridgehead atoms. The standard InChI is InChI=1S/C48H46F4N8O2/c1-32-10-12-36(13-11-32)26-57-18-20-59-41-40(43(61)53-45(57)59)29-56(31-48(41,51)52)25-35-16-14-33(15-17-35)22-37-8-5-9-38(23-37)27-58-19-21-60-42-39(44(62)54-46(58)60)28-55(30-47(42,49)50)24-34-6-3-2-4-7-34/h2-17,23H,18-22,24-31H2,1H3. The van der Waals surface area contributed by atoms with Crippen LogP contribution in [0, 0.1) is 6.92 Å². The Bertz CT molecular complexity index is 2770. The largest absolute Gasteiger partial charge is 0.336 e. The van der Waals surface area contributed by atoms with Crippen molar-refractivity contribution in [2.45, 2.75) is 77.5 Å². The predicted molar refractivity (Wildman–Crippen MR) is 228 cm³/mol. The van der Waals surface area contributed by atoms with Gasteiger partial charge in [0.25, 0.3) is 11.1 Å². The average Bonchev–Trinajstić information content (AvgIpc) is 3.82. The molecule has 0 radical (unpaired) electrons. The number of aromatic nitrogens is 4. The second kappa shape index (κ2) is 15.7. The lowest BCUT2D eigenvalue weighted by Crippen LogP contribution is -2.45. The van der Waals surface area contributed by atoms with Gasteiger partial charge >= 0.3 is 11.8 Å². The molecule has 6 aromatic rings. The number of alkyl halides is 4. The average molecular weight is 843 g/mol. The lowest BCUT2D eigenvalue weighted by Gasteiger charge is -2.35. The second-order valence-corrected chi connectivity index (χ2v) is 17.2. The molecule has 62 heavy (non-hydrogen) atoms. The van der Waals surface area contributed by atoms with Crippen LogP contribution in [0.3, 0.4) is 0 Å². The van der Waals surface area contributed by atoms with E-state index in [2.05, 4.69) is 16.0 Å². The number of halogens is 4. The van der Waals surface area contributed by atoms with Crippen LogP contribution in [-0.2, 0) is 70.6 Å². The Hall–Kier alpha value is -6.12. The first-order chi connectivity index (χ1) is 29.9. The number of nitrogens with zero attached hydrogens (tertiary/aromatic N) is 8. The number of hydrogen-bond donors (Lipinski definition) is 0. The van der Waals surface area contributed by atoms with Crippen LogP contribution in [0.25, 0.3) is 0 Å². The first-order valence-corrected chi connectivity index (χ1v) is 21.1. The minimum atomic E-state index is -3.23. The van der Waals surface area contributed by atoms with Gasteiger partial charge in [0.15, 0.2) is 0 Å². The van der Waals surface area contributed by atoms with Gasteiger partial charge < -0.3 is 18.9 Å². The van der Waals surface area contributed by atoms with Gasteiger partial charge in [-0.1, -0.05) is 109 Å². The lowest BCUT2D eigenvalue weighted by molar-refractivity contribution is -0.0626. The van der Waals surface area contributed by atoms with E-state index in [1.54, 1.807) is 14.4 Å². The smallest absolute Gasteiger partial charge is 0.300 e. The number of hydrogen-bond acceptors (Lipinski definition) is 8. The zero-order chi connectivity index (χ0) is 42.8. The fourth-order valence-electron chi connectivity index (χ4n) is 9.70. The van der Waals surface area contributed by atoms with Crippen molar-refractivity contribution in [1.29, 1.82) is 0 Å². The van der Waals surface area contributed by atoms with E-state index in [9.17, 15) is 9.59 Å². The maximum absolute atomic E-state index is 16.0. The Balaban J connectivity index is 0.792. The zero-order valence-electron chi connectivity index (χ0n) is 34.4. The third-order valence-corrected chi connectivity index (χ3v) is 12.5. The molecule has 0 unspecified atom stereocenters. The third kappa shape index (κ3) is 7.70. The molecule has 0 N–H and O–H groups in total. The van der Waals surface area contributed by atoms with Gasteiger partial charge in [-0.2, -0.15) is 27.5 Å². The number of anilines is 2. The monoisotopic (exact) mass is 842 g/mol. The lowest BCUT2D eigenvalue weighted by atomic mass is 10.00. The molecule has 0 spiro atoms. The zero-order valence-corrected chi connectivity index (χ0v) is 34.4. The molecule has 0 saturated heterocycles. The Morgan fingerprint density at radius 1 is 0.516 bits per heavy atom. The summed E-state index contributed by atoms with van der Waals surface area (Å²) in [5, 5.41) is 0. The molecule has 10 nitrogen and oxygen atoms in total. The summed E-state index contributed by atoms with van der Waals surface area (Å²) in [6, 6.07) is 33.3. The fourth-order valence-corrected chi connectivity index (χ4v) is 9.70. The van der Waals surface area contributed by atoms with Crippen LogP contribution in [0.5, 0.6) is 0 Å². The molecular weight excluding hydrogens is 797 g/mol. The predicted octanol–water partition coefficient (Wildman–Crippen LogP) is 6.95. The van der Waals surface area contributed by atoms with Crippen LogP contribution in [-0.4, -0.2) is 55.1 Å². The van der Waals surface area contributed by atoms with Gasteiger partial charge in [-0.05, 0) is 46.7 Å². The van der Waals surface area contributed by atoms with Crippen LogP contribution >= 0.6 is 0 Å². The van der Waals surface area contributed by atoms with Crippen molar-refractivity contribution in [3.63, 3.8) is 0 Å². The summed E-state index contributed by atoms with van der Waals surface area (Å²) in [5.41, 5.74) is 5.43. The van der Waals surface area contributed by atoms with Crippen molar-refractivity contribution in [3.8, 4) is 0 Å². The van der Waals surface area contributed by atoms with Crippen molar-refractivity contribution in [2.75, 3.05) is 36.0 Å². The van der Waals surface area contributed by atoms with E-state index < -0.39 is 36.1 Å². The van der Waals surface area contributed by atoms with E-state index in [4.69, 9.17) is 0 Å². The molecule has 10 rings (SSSR count). The molecule has 4 aliphatic heterocycles. The summed E-state index contributed by atoms with van der Waals surface area (Å²) in [6.07, 6.45) is 0.616. The van der Waals surface area contributed by atoms with E-state index in [0.717, 1.165) is 38.9 Å². The van der Waals surface area contributed by atoms with Crippen LogP contribution in [0.15, 0.2) is 113 Å². The van der Waals surface area contributed by atoms with E-state index in [0.29, 0.717) is 58.2 Å². The van der Waals surface area contributed by atoms with Gasteiger partial charge in [-0.3, -0.25) is 19.4 Å². The molecule has 2 aromatic heterocycles. The minimum absolute atomic E-state index is 0.0575.